The van der Waals surface area contributed by atoms with E-state index in [1.54, 1.807) is 0 Å². The van der Waals surface area contributed by atoms with Crippen LogP contribution in [0.2, 0.25) is 0 Å². The van der Waals surface area contributed by atoms with E-state index in [0.717, 1.165) is 176 Å². The number of ether oxygens (including phenoxy) is 9. The lowest BCUT2D eigenvalue weighted by molar-refractivity contribution is -0.205. The number of fused-ring (bicyclic) bond motifs is 3. The highest BCUT2D eigenvalue weighted by molar-refractivity contribution is 14.1. The zero-order chi connectivity index (χ0) is 66.8. The number of hydrogen-bond donors (Lipinski definition) is 0. The van der Waals surface area contributed by atoms with E-state index >= 15 is 0 Å². The molecule has 12 aliphatic rings. The van der Waals surface area contributed by atoms with E-state index in [9.17, 15) is 14.4 Å². The number of benzene rings is 6. The summed E-state index contributed by atoms with van der Waals surface area (Å²) in [5, 5.41) is 2.07. The van der Waals surface area contributed by atoms with Crippen LogP contribution in [0.3, 0.4) is 0 Å². The number of hydrogen-bond acceptors (Lipinski definition) is 12. The number of rotatable bonds is 22. The molecule has 0 spiro atoms. The average Bonchev–Trinajstić information content (AvgIpc) is 1.42. The molecule has 12 saturated carbocycles. The van der Waals surface area contributed by atoms with E-state index in [-0.39, 0.29) is 57.5 Å². The molecule has 0 radical (unpaired) electrons. The fourth-order valence-electron chi connectivity index (χ4n) is 20.2. The molecule has 12 aliphatic carbocycles. The van der Waals surface area contributed by atoms with Crippen molar-refractivity contribution in [3.05, 3.63) is 135 Å². The molecule has 6 aromatic carbocycles. The molecule has 12 fully saturated rings. The highest BCUT2D eigenvalue weighted by Crippen LogP contribution is 2.63. The Bertz CT molecular complexity index is 4000. The van der Waals surface area contributed by atoms with Gasteiger partial charge in [0.2, 0.25) is 0 Å². The molecule has 12 nitrogen and oxygen atoms in total. The summed E-state index contributed by atoms with van der Waals surface area (Å²) >= 11 is 13.9. The first-order chi connectivity index (χ1) is 46.7. The number of halogens is 6. The van der Waals surface area contributed by atoms with Crippen LogP contribution in [-0.2, 0) is 48.4 Å². The topological polar surface area (TPSA) is 134 Å². The van der Waals surface area contributed by atoms with Crippen LogP contribution in [0.5, 0.6) is 34.5 Å². The molecule has 0 saturated heterocycles. The maximum atomic E-state index is 13.8. The van der Waals surface area contributed by atoms with E-state index < -0.39 is 27.3 Å². The molecule has 7 aromatic rings. The third-order valence-corrected chi connectivity index (χ3v) is 31.0. The van der Waals surface area contributed by atoms with Crippen LogP contribution in [0, 0.1) is 92.4 Å². The number of carbonyl (C=O) groups is 3. The smallest absolute Gasteiger partial charge is 0.344 e. The number of thiophene rings is 1. The Kier molecular flexibility index (Phi) is 19.5. The Hall–Kier alpha value is -2.87. The van der Waals surface area contributed by atoms with Crippen molar-refractivity contribution < 1.29 is 57.0 Å². The second-order valence-corrected chi connectivity index (χ2v) is 39.5. The van der Waals surface area contributed by atoms with Gasteiger partial charge in [-0.3, -0.25) is 0 Å². The van der Waals surface area contributed by atoms with Gasteiger partial charge in [0.25, 0.3) is 0 Å². The minimum Gasteiger partial charge on any atom is -0.489 e. The molecule has 0 amide bonds. The van der Waals surface area contributed by atoms with Crippen LogP contribution in [0.1, 0.15) is 134 Å². The van der Waals surface area contributed by atoms with Gasteiger partial charge in [0.1, 0.15) is 71.1 Å². The summed E-state index contributed by atoms with van der Waals surface area (Å²) in [6.07, 6.45) is 17.9. The molecule has 1 aromatic heterocycles. The zero-order valence-electron chi connectivity index (χ0n) is 54.6. The Morgan fingerprint density at radius 3 is 0.938 bits per heavy atom. The Morgan fingerprint density at radius 2 is 0.639 bits per heavy atom. The minimum absolute atomic E-state index is 0.157. The van der Waals surface area contributed by atoms with Gasteiger partial charge in [-0.2, -0.15) is 0 Å². The first-order valence-electron chi connectivity index (χ1n) is 34.7. The average molecular weight is 2000 g/mol. The Morgan fingerprint density at radius 1 is 0.361 bits per heavy atom. The molecule has 0 N–H and O–H groups in total. The van der Waals surface area contributed by atoms with E-state index in [4.69, 9.17) is 42.6 Å². The van der Waals surface area contributed by atoms with Gasteiger partial charge in [-0.05, 0) is 396 Å². The first-order valence-corrected chi connectivity index (χ1v) is 42.3. The molecule has 1 heterocycles. The second kappa shape index (κ2) is 27.6. The van der Waals surface area contributed by atoms with Gasteiger partial charge in [-0.25, -0.2) is 14.4 Å². The maximum Gasteiger partial charge on any atom is 0.344 e. The van der Waals surface area contributed by atoms with Crippen molar-refractivity contribution in [3.63, 3.8) is 0 Å². The fraction of sp³-hybridized carbons (Fsp3) is 0.500. The largest absolute Gasteiger partial charge is 0.489 e. The molecule has 0 aliphatic heterocycles. The lowest BCUT2D eigenvalue weighted by Gasteiger charge is -2.59. The molecular formula is C78H79I6O12S+. The van der Waals surface area contributed by atoms with Crippen molar-refractivity contribution in [2.24, 2.45) is 71.0 Å². The number of esters is 3. The third kappa shape index (κ3) is 13.6. The normalized spacial score (nSPS) is 30.8. The van der Waals surface area contributed by atoms with Crippen molar-refractivity contribution in [2.45, 2.75) is 154 Å². The molecule has 19 heteroatoms. The quantitative estimate of drug-likeness (QED) is 0.0277. The summed E-state index contributed by atoms with van der Waals surface area (Å²) in [5.74, 6) is 10.2. The predicted octanol–water partition coefficient (Wildman–Crippen LogP) is 20.5. The van der Waals surface area contributed by atoms with Crippen LogP contribution in [-0.4, -0.2) is 54.5 Å². The van der Waals surface area contributed by atoms with Crippen molar-refractivity contribution in [3.8, 4) is 39.4 Å². The summed E-state index contributed by atoms with van der Waals surface area (Å²) in [5.41, 5.74) is 1.24. The van der Waals surface area contributed by atoms with Gasteiger partial charge in [-0.15, -0.1) is 0 Å². The summed E-state index contributed by atoms with van der Waals surface area (Å²) < 4.78 is 66.7. The maximum absolute atomic E-state index is 13.8. The van der Waals surface area contributed by atoms with E-state index in [1.807, 2.05) is 24.3 Å². The SMILES string of the molecule is CC1(OC(=O)COc2c(I)cc(I)cc2COc2ccc(-[s+]3c4ccc(OCc5cc(I)cc(I)c5OCC(=O)OC5(C)C6CC7CC(C6)CC5C7)cc4c4cc(OCc5cc(I)cc(I)c5OCC(=O)OC5(C)C6CC7CC(C6)CC5C7)ccc43)cc2)C2CC3CC(C2)CC1C3. The monoisotopic (exact) mass is 2000 g/mol. The van der Waals surface area contributed by atoms with E-state index in [1.165, 1.54) is 19.3 Å². The van der Waals surface area contributed by atoms with Crippen LogP contribution < -0.4 is 28.4 Å². The molecule has 0 atom stereocenters. The second-order valence-electron chi connectivity index (χ2n) is 30.3. The summed E-state index contributed by atoms with van der Waals surface area (Å²) in [6.45, 7) is 6.70. The minimum atomic E-state index is -0.523. The summed E-state index contributed by atoms with van der Waals surface area (Å²) in [6, 6.07) is 33.5. The van der Waals surface area contributed by atoms with Crippen molar-refractivity contribution in [1.82, 2.24) is 0 Å². The van der Waals surface area contributed by atoms with Gasteiger partial charge in [0.15, 0.2) is 34.1 Å². The Balaban J connectivity index is 0.642. The molecule has 0 unspecified atom stereocenters. The summed E-state index contributed by atoms with van der Waals surface area (Å²) in [7, 11) is -0.523. The lowest BCUT2D eigenvalue weighted by Crippen LogP contribution is -2.58. The number of carbonyl (C=O) groups excluding carboxylic acids is 3. The predicted molar refractivity (Wildman–Crippen MR) is 425 cm³/mol. The molecular weight excluding hydrogens is 1920 g/mol. The van der Waals surface area contributed by atoms with Crippen LogP contribution >= 0.6 is 146 Å². The van der Waals surface area contributed by atoms with Gasteiger partial charge >= 0.3 is 17.9 Å². The molecule has 19 rings (SSSR count). The molecule has 12 bridgehead atoms. The van der Waals surface area contributed by atoms with Crippen LogP contribution in [0.4, 0.5) is 0 Å². The van der Waals surface area contributed by atoms with E-state index in [2.05, 4.69) is 229 Å². The standard InChI is InChI=1S/C78H79I6O12S/c1-76(50-15-41-12-42(17-50)18-51(76)16-41)94-70(85)38-91-73-47(27-56(79)30-65(73)82)35-88-59-4-8-62(9-5-59)97-68-10-6-60(89-36-48-28-57(80)31-66(83)74(48)92-39-71(86)95-77(2)52-19-43-13-44(21-52)22-53(77)20-43)33-63(68)64-34-61(7-11-69(64)97)90-37-49-29-58(81)32-67(84)75(49)93-40-72(87)96-78(3)54-23-45-14-46(25-54)26-55(78)24-45/h4-11,27-34,41-46,50-55H,12-26,35-40H2,1-3H3/q+1. The fourth-order valence-corrected chi connectivity index (χ4v) is 28.9. The van der Waals surface area contributed by atoms with Crippen molar-refractivity contribution in [2.75, 3.05) is 19.8 Å². The van der Waals surface area contributed by atoms with Crippen molar-refractivity contribution >= 4 is 184 Å². The highest BCUT2D eigenvalue weighted by Gasteiger charge is 2.60. The Labute approximate surface area is 652 Å². The van der Waals surface area contributed by atoms with Gasteiger partial charge in [0.05, 0.1) is 21.5 Å². The zero-order valence-corrected chi connectivity index (χ0v) is 68.4. The summed E-state index contributed by atoms with van der Waals surface area (Å²) in [4.78, 5) is 42.3. The van der Waals surface area contributed by atoms with Crippen LogP contribution in [0.15, 0.2) is 97.1 Å². The highest BCUT2D eigenvalue weighted by atomic mass is 127. The van der Waals surface area contributed by atoms with E-state index in [0.29, 0.717) is 70.0 Å². The first kappa shape index (κ1) is 68.6. The van der Waals surface area contributed by atoms with Gasteiger partial charge in [-0.1, -0.05) is 0 Å². The van der Waals surface area contributed by atoms with Gasteiger partial charge < -0.3 is 42.6 Å². The van der Waals surface area contributed by atoms with Crippen molar-refractivity contribution in [1.29, 1.82) is 0 Å². The van der Waals surface area contributed by atoms with Gasteiger partial charge in [0, 0.05) is 62.1 Å². The van der Waals surface area contributed by atoms with Crippen LogP contribution in [0.25, 0.3) is 25.1 Å². The molecule has 97 heavy (non-hydrogen) atoms. The lowest BCUT2D eigenvalue weighted by atomic mass is 9.50. The third-order valence-electron chi connectivity index (χ3n) is 24.4. The molecule has 510 valence electrons.